The number of rotatable bonds is 1. The number of anilines is 1. The van der Waals surface area contributed by atoms with Crippen molar-refractivity contribution in [3.63, 3.8) is 0 Å². The minimum atomic E-state index is 0.113. The van der Waals surface area contributed by atoms with Crippen molar-refractivity contribution >= 4 is 23.2 Å². The molecule has 0 radical (unpaired) electrons. The van der Waals surface area contributed by atoms with Crippen LogP contribution in [-0.2, 0) is 4.79 Å². The fourth-order valence-electron chi connectivity index (χ4n) is 1.85. The zero-order valence-corrected chi connectivity index (χ0v) is 9.83. The molecule has 1 aliphatic heterocycles. The van der Waals surface area contributed by atoms with Crippen molar-refractivity contribution in [3.05, 3.63) is 29.3 Å². The van der Waals surface area contributed by atoms with E-state index in [9.17, 15) is 4.79 Å². The zero-order valence-electron chi connectivity index (χ0n) is 9.08. The second-order valence-electron chi connectivity index (χ2n) is 3.91. The van der Waals surface area contributed by atoms with E-state index in [-0.39, 0.29) is 5.91 Å². The first-order valence-electron chi connectivity index (χ1n) is 5.54. The third-order valence-electron chi connectivity index (χ3n) is 2.68. The van der Waals surface area contributed by atoms with Crippen LogP contribution in [0, 0.1) is 0 Å². The summed E-state index contributed by atoms with van der Waals surface area (Å²) in [7, 11) is 0. The lowest BCUT2D eigenvalue weighted by atomic mass is 10.2. The van der Waals surface area contributed by atoms with Gasteiger partial charge in [-0.3, -0.25) is 4.79 Å². The van der Waals surface area contributed by atoms with E-state index < -0.39 is 0 Å². The van der Waals surface area contributed by atoms with Gasteiger partial charge >= 0.3 is 0 Å². The lowest BCUT2D eigenvalue weighted by Crippen LogP contribution is -2.41. The number of halogens is 1. The molecule has 0 saturated carbocycles. The van der Waals surface area contributed by atoms with E-state index >= 15 is 0 Å². The molecule has 1 amide bonds. The van der Waals surface area contributed by atoms with Crippen molar-refractivity contribution in [2.75, 3.05) is 24.5 Å². The van der Waals surface area contributed by atoms with Gasteiger partial charge in [0, 0.05) is 17.3 Å². The van der Waals surface area contributed by atoms with Crippen LogP contribution in [0.3, 0.4) is 0 Å². The molecule has 1 fully saturated rings. The summed E-state index contributed by atoms with van der Waals surface area (Å²) in [5, 5.41) is 3.79. The third-order valence-corrected chi connectivity index (χ3v) is 2.92. The topological polar surface area (TPSA) is 32.3 Å². The highest BCUT2D eigenvalue weighted by molar-refractivity contribution is 6.30. The second kappa shape index (κ2) is 5.32. The Morgan fingerprint density at radius 2 is 2.19 bits per heavy atom. The van der Waals surface area contributed by atoms with Crippen LogP contribution in [0.2, 0.25) is 5.02 Å². The maximum Gasteiger partial charge on any atom is 0.240 e. The van der Waals surface area contributed by atoms with Gasteiger partial charge < -0.3 is 10.2 Å². The molecule has 4 heteroatoms. The number of amides is 1. The molecule has 0 aliphatic carbocycles. The molecule has 0 unspecified atom stereocenters. The van der Waals surface area contributed by atoms with Crippen molar-refractivity contribution in [1.29, 1.82) is 0 Å². The van der Waals surface area contributed by atoms with Gasteiger partial charge in [-0.2, -0.15) is 0 Å². The highest BCUT2D eigenvalue weighted by Crippen LogP contribution is 2.20. The van der Waals surface area contributed by atoms with E-state index in [2.05, 4.69) is 5.32 Å². The molecule has 0 aromatic heterocycles. The third kappa shape index (κ3) is 2.74. The van der Waals surface area contributed by atoms with E-state index in [1.165, 1.54) is 0 Å². The van der Waals surface area contributed by atoms with Gasteiger partial charge in [-0.05, 0) is 37.6 Å². The van der Waals surface area contributed by atoms with Crippen LogP contribution in [-0.4, -0.2) is 25.5 Å². The van der Waals surface area contributed by atoms with Crippen LogP contribution >= 0.6 is 11.6 Å². The highest BCUT2D eigenvalue weighted by atomic mass is 35.5. The summed E-state index contributed by atoms with van der Waals surface area (Å²) >= 11 is 5.93. The van der Waals surface area contributed by atoms with Crippen LogP contribution in [0.15, 0.2) is 24.3 Å². The summed E-state index contributed by atoms with van der Waals surface area (Å²) in [5.74, 6) is 0.113. The summed E-state index contributed by atoms with van der Waals surface area (Å²) in [5.41, 5.74) is 0.890. The van der Waals surface area contributed by atoms with Crippen LogP contribution in [0.25, 0.3) is 0 Å². The second-order valence-corrected chi connectivity index (χ2v) is 4.35. The largest absolute Gasteiger partial charge is 0.311 e. The van der Waals surface area contributed by atoms with Gasteiger partial charge in [-0.25, -0.2) is 0 Å². The van der Waals surface area contributed by atoms with Crippen LogP contribution in [0.5, 0.6) is 0 Å². The predicted molar refractivity (Wildman–Crippen MR) is 65.9 cm³/mol. The molecule has 2 rings (SSSR count). The van der Waals surface area contributed by atoms with E-state index in [0.717, 1.165) is 31.6 Å². The minimum Gasteiger partial charge on any atom is -0.311 e. The number of nitrogens with one attached hydrogen (secondary N) is 1. The Morgan fingerprint density at radius 1 is 1.31 bits per heavy atom. The average molecular weight is 239 g/mol. The summed E-state index contributed by atoms with van der Waals surface area (Å²) in [6.07, 6.45) is 2.12. The van der Waals surface area contributed by atoms with Crippen molar-refractivity contribution in [2.24, 2.45) is 0 Å². The van der Waals surface area contributed by atoms with E-state index in [0.29, 0.717) is 11.6 Å². The summed E-state index contributed by atoms with van der Waals surface area (Å²) in [6, 6.07) is 7.45. The Balaban J connectivity index is 2.19. The Kier molecular flexibility index (Phi) is 3.80. The monoisotopic (exact) mass is 238 g/mol. The molecule has 0 atom stereocenters. The van der Waals surface area contributed by atoms with E-state index in [1.54, 1.807) is 4.90 Å². The van der Waals surface area contributed by atoms with Gasteiger partial charge in [0.15, 0.2) is 0 Å². The lowest BCUT2D eigenvalue weighted by Gasteiger charge is -2.25. The Bertz CT molecular complexity index is 381. The van der Waals surface area contributed by atoms with Crippen LogP contribution in [0.4, 0.5) is 5.69 Å². The normalized spacial score (nSPS) is 18.1. The van der Waals surface area contributed by atoms with Gasteiger partial charge in [0.1, 0.15) is 0 Å². The van der Waals surface area contributed by atoms with Gasteiger partial charge in [0.05, 0.1) is 6.54 Å². The molecule has 1 aromatic rings. The van der Waals surface area contributed by atoms with E-state index in [4.69, 9.17) is 11.6 Å². The molecular formula is C12H15ClN2O. The van der Waals surface area contributed by atoms with Crippen LogP contribution < -0.4 is 10.2 Å². The number of hydrogen-bond acceptors (Lipinski definition) is 2. The first-order chi connectivity index (χ1) is 7.77. The molecule has 1 saturated heterocycles. The molecule has 0 spiro atoms. The maximum absolute atomic E-state index is 11.9. The van der Waals surface area contributed by atoms with Crippen molar-refractivity contribution in [2.45, 2.75) is 12.8 Å². The zero-order chi connectivity index (χ0) is 11.4. The number of hydrogen-bond donors (Lipinski definition) is 1. The van der Waals surface area contributed by atoms with Gasteiger partial charge in [-0.15, -0.1) is 0 Å². The molecular weight excluding hydrogens is 224 g/mol. The van der Waals surface area contributed by atoms with Crippen molar-refractivity contribution in [3.8, 4) is 0 Å². The molecule has 1 N–H and O–H groups in total. The van der Waals surface area contributed by atoms with Crippen LogP contribution in [0.1, 0.15) is 12.8 Å². The number of carbonyl (C=O) groups is 1. The first kappa shape index (κ1) is 11.4. The first-order valence-corrected chi connectivity index (χ1v) is 5.92. The predicted octanol–water partition coefficient (Wildman–Crippen LogP) is 2.06. The fourth-order valence-corrected chi connectivity index (χ4v) is 2.04. The molecule has 86 valence electrons. The smallest absolute Gasteiger partial charge is 0.240 e. The number of nitrogens with zero attached hydrogens (tertiary/aromatic N) is 1. The van der Waals surface area contributed by atoms with Gasteiger partial charge in [-0.1, -0.05) is 17.7 Å². The number of carbonyl (C=O) groups excluding carboxylic acids is 1. The standard InChI is InChI=1S/C12H15ClN2O/c13-10-4-3-5-11(8-10)15-7-2-1-6-14-9-12(15)16/h3-5,8,14H,1-2,6-7,9H2. The summed E-state index contributed by atoms with van der Waals surface area (Å²) in [4.78, 5) is 13.7. The Hall–Kier alpha value is -1.06. The Labute approximate surface area is 100 Å². The maximum atomic E-state index is 11.9. The molecule has 16 heavy (non-hydrogen) atoms. The fraction of sp³-hybridized carbons (Fsp3) is 0.417. The van der Waals surface area contributed by atoms with Gasteiger partial charge in [0.25, 0.3) is 0 Å². The van der Waals surface area contributed by atoms with Gasteiger partial charge in [0.2, 0.25) is 5.91 Å². The molecule has 1 aliphatic rings. The highest BCUT2D eigenvalue weighted by Gasteiger charge is 2.16. The number of benzene rings is 1. The lowest BCUT2D eigenvalue weighted by molar-refractivity contribution is -0.118. The molecule has 1 heterocycles. The summed E-state index contributed by atoms with van der Waals surface area (Å²) in [6.45, 7) is 2.11. The molecule has 0 bridgehead atoms. The molecule has 1 aromatic carbocycles. The SMILES string of the molecule is O=C1CNCCCCN1c1cccc(Cl)c1. The molecule has 3 nitrogen and oxygen atoms in total. The minimum absolute atomic E-state index is 0.113. The van der Waals surface area contributed by atoms with E-state index in [1.807, 2.05) is 24.3 Å². The van der Waals surface area contributed by atoms with Crippen molar-refractivity contribution in [1.82, 2.24) is 5.32 Å². The van der Waals surface area contributed by atoms with Crippen molar-refractivity contribution < 1.29 is 4.79 Å². The summed E-state index contributed by atoms with van der Waals surface area (Å²) < 4.78 is 0. The Morgan fingerprint density at radius 3 is 3.00 bits per heavy atom. The quantitative estimate of drug-likeness (QED) is 0.812. The average Bonchev–Trinajstić information content (AvgIpc) is 2.24.